The molecule has 0 saturated carbocycles. The van der Waals surface area contributed by atoms with Crippen LogP contribution in [0, 0.1) is 0 Å². The molecule has 94 valence electrons. The third-order valence-corrected chi connectivity index (χ3v) is 1.98. The number of carbonyl (C=O) groups excluding carboxylic acids is 1. The van der Waals surface area contributed by atoms with Crippen LogP contribution < -0.4 is 5.32 Å². The first-order valence-electron chi connectivity index (χ1n) is 4.94. The Bertz CT molecular complexity index is 388. The highest BCUT2D eigenvalue weighted by atomic mass is 16.4. The summed E-state index contributed by atoms with van der Waals surface area (Å²) in [7, 11) is 0. The Hall–Kier alpha value is -1.96. The summed E-state index contributed by atoms with van der Waals surface area (Å²) in [4.78, 5) is 21.8. The first-order valence-corrected chi connectivity index (χ1v) is 4.94. The van der Waals surface area contributed by atoms with Crippen LogP contribution in [0.15, 0.2) is 12.4 Å². The number of rotatable bonds is 6. The van der Waals surface area contributed by atoms with Crippen molar-refractivity contribution in [1.29, 1.82) is 0 Å². The fourth-order valence-electron chi connectivity index (χ4n) is 1.20. The van der Waals surface area contributed by atoms with E-state index in [0.29, 0.717) is 0 Å². The summed E-state index contributed by atoms with van der Waals surface area (Å²) in [5.41, 5.74) is -1.47. The fourth-order valence-corrected chi connectivity index (χ4v) is 1.20. The lowest BCUT2D eigenvalue weighted by atomic mass is 10.0. The molecule has 0 spiro atoms. The van der Waals surface area contributed by atoms with Gasteiger partial charge in [-0.2, -0.15) is 0 Å². The van der Waals surface area contributed by atoms with Crippen LogP contribution in [0.5, 0.6) is 0 Å². The van der Waals surface area contributed by atoms with Crippen molar-refractivity contribution < 1.29 is 19.8 Å². The number of hydrogen-bond acceptors (Lipinski definition) is 5. The molecule has 8 nitrogen and oxygen atoms in total. The Morgan fingerprint density at radius 2 is 2.24 bits per heavy atom. The molecule has 0 aromatic carbocycles. The summed E-state index contributed by atoms with van der Waals surface area (Å²) < 4.78 is 1.32. The minimum absolute atomic E-state index is 0.0247. The van der Waals surface area contributed by atoms with E-state index < -0.39 is 18.0 Å². The van der Waals surface area contributed by atoms with Gasteiger partial charge in [-0.1, -0.05) is 5.21 Å². The van der Waals surface area contributed by atoms with E-state index in [1.807, 2.05) is 0 Å². The summed E-state index contributed by atoms with van der Waals surface area (Å²) in [6.07, 6.45) is 2.53. The second kappa shape index (κ2) is 5.39. The Balaban J connectivity index is 2.35. The summed E-state index contributed by atoms with van der Waals surface area (Å²) in [5.74, 6) is -1.50. The second-order valence-electron chi connectivity index (χ2n) is 3.94. The molecule has 0 saturated heterocycles. The van der Waals surface area contributed by atoms with E-state index in [1.165, 1.54) is 24.0 Å². The number of amides is 1. The maximum Gasteiger partial charge on any atom is 0.306 e. The van der Waals surface area contributed by atoms with Crippen LogP contribution in [-0.4, -0.2) is 49.2 Å². The van der Waals surface area contributed by atoms with Gasteiger partial charge in [-0.15, -0.1) is 5.10 Å². The fraction of sp³-hybridized carbons (Fsp3) is 0.556. The quantitative estimate of drug-likeness (QED) is 0.566. The van der Waals surface area contributed by atoms with Gasteiger partial charge in [-0.25, -0.2) is 4.68 Å². The summed E-state index contributed by atoms with van der Waals surface area (Å²) in [6.45, 7) is 1.19. The zero-order chi connectivity index (χ0) is 12.9. The Morgan fingerprint density at radius 3 is 2.76 bits per heavy atom. The van der Waals surface area contributed by atoms with Crippen LogP contribution in [-0.2, 0) is 16.1 Å². The van der Waals surface area contributed by atoms with E-state index >= 15 is 0 Å². The van der Waals surface area contributed by atoms with Crippen LogP contribution in [0.4, 0.5) is 0 Å². The number of carboxylic acid groups (broad SMARTS) is 1. The van der Waals surface area contributed by atoms with Crippen molar-refractivity contribution >= 4 is 11.9 Å². The SMILES string of the molecule is CC(O)(CNC(=O)Cn1ccnn1)CC(=O)O. The molecule has 0 radical (unpaired) electrons. The number of hydrogen-bond donors (Lipinski definition) is 3. The highest BCUT2D eigenvalue weighted by molar-refractivity contribution is 5.75. The average Bonchev–Trinajstić information content (AvgIpc) is 2.65. The first kappa shape index (κ1) is 13.1. The van der Waals surface area contributed by atoms with Crippen molar-refractivity contribution in [2.24, 2.45) is 0 Å². The van der Waals surface area contributed by atoms with Crippen molar-refractivity contribution in [3.05, 3.63) is 12.4 Å². The van der Waals surface area contributed by atoms with Gasteiger partial charge in [-0.05, 0) is 6.92 Å². The molecule has 17 heavy (non-hydrogen) atoms. The molecule has 1 amide bonds. The van der Waals surface area contributed by atoms with Crippen LogP contribution >= 0.6 is 0 Å². The standard InChI is InChI=1S/C9H14N4O4/c1-9(17,4-8(15)16)6-10-7(14)5-13-3-2-11-12-13/h2-3,17H,4-6H2,1H3,(H,10,14)(H,15,16). The number of aromatic nitrogens is 3. The van der Waals surface area contributed by atoms with Gasteiger partial charge in [0, 0.05) is 12.7 Å². The van der Waals surface area contributed by atoms with Gasteiger partial charge >= 0.3 is 5.97 Å². The molecule has 1 atom stereocenters. The number of carboxylic acids is 1. The van der Waals surface area contributed by atoms with Crippen LogP contribution in [0.2, 0.25) is 0 Å². The van der Waals surface area contributed by atoms with E-state index in [-0.39, 0.29) is 19.0 Å². The highest BCUT2D eigenvalue weighted by Crippen LogP contribution is 2.07. The molecule has 0 fully saturated rings. The van der Waals surface area contributed by atoms with Gasteiger partial charge in [-0.3, -0.25) is 9.59 Å². The third-order valence-electron chi connectivity index (χ3n) is 1.98. The number of carbonyl (C=O) groups is 2. The predicted molar refractivity (Wildman–Crippen MR) is 55.9 cm³/mol. The highest BCUT2D eigenvalue weighted by Gasteiger charge is 2.24. The minimum atomic E-state index is -1.47. The smallest absolute Gasteiger partial charge is 0.306 e. The molecule has 0 bridgehead atoms. The molecule has 3 N–H and O–H groups in total. The predicted octanol–water partition coefficient (Wildman–Crippen LogP) is -1.38. The van der Waals surface area contributed by atoms with Crippen molar-refractivity contribution in [1.82, 2.24) is 20.3 Å². The lowest BCUT2D eigenvalue weighted by molar-refractivity contribution is -0.142. The van der Waals surface area contributed by atoms with E-state index in [2.05, 4.69) is 15.6 Å². The molecule has 1 heterocycles. The summed E-state index contributed by atoms with van der Waals surface area (Å²) in [6, 6.07) is 0. The van der Waals surface area contributed by atoms with Crippen molar-refractivity contribution in [2.75, 3.05) is 6.54 Å². The number of aliphatic hydroxyl groups is 1. The first-order chi connectivity index (χ1) is 7.89. The van der Waals surface area contributed by atoms with Crippen molar-refractivity contribution in [2.45, 2.75) is 25.5 Å². The number of nitrogens with one attached hydrogen (secondary N) is 1. The van der Waals surface area contributed by atoms with E-state index in [9.17, 15) is 14.7 Å². The molecule has 1 rings (SSSR count). The molecule has 8 heteroatoms. The van der Waals surface area contributed by atoms with Gasteiger partial charge in [0.15, 0.2) is 0 Å². The van der Waals surface area contributed by atoms with E-state index in [1.54, 1.807) is 0 Å². The molecular weight excluding hydrogens is 228 g/mol. The topological polar surface area (TPSA) is 117 Å². The molecular formula is C9H14N4O4. The monoisotopic (exact) mass is 242 g/mol. The molecule has 1 aromatic rings. The van der Waals surface area contributed by atoms with Crippen LogP contribution in [0.25, 0.3) is 0 Å². The molecule has 0 aliphatic carbocycles. The Kier molecular flexibility index (Phi) is 4.16. The van der Waals surface area contributed by atoms with Crippen LogP contribution in [0.3, 0.4) is 0 Å². The summed E-state index contributed by atoms with van der Waals surface area (Å²) >= 11 is 0. The Labute approximate surface area is 97.2 Å². The van der Waals surface area contributed by atoms with E-state index in [0.717, 1.165) is 0 Å². The summed E-state index contributed by atoms with van der Waals surface area (Å²) in [5, 5.41) is 27.7. The van der Waals surface area contributed by atoms with Crippen LogP contribution in [0.1, 0.15) is 13.3 Å². The second-order valence-corrected chi connectivity index (χ2v) is 3.94. The van der Waals surface area contributed by atoms with Gasteiger partial charge in [0.1, 0.15) is 6.54 Å². The van der Waals surface area contributed by atoms with Gasteiger partial charge < -0.3 is 15.5 Å². The molecule has 1 unspecified atom stereocenters. The molecule has 0 aliphatic rings. The largest absolute Gasteiger partial charge is 0.481 e. The minimum Gasteiger partial charge on any atom is -0.481 e. The van der Waals surface area contributed by atoms with Gasteiger partial charge in [0.2, 0.25) is 5.91 Å². The lowest BCUT2D eigenvalue weighted by Gasteiger charge is -2.21. The van der Waals surface area contributed by atoms with Crippen molar-refractivity contribution in [3.8, 4) is 0 Å². The number of aliphatic carboxylic acids is 1. The Morgan fingerprint density at radius 1 is 1.53 bits per heavy atom. The zero-order valence-electron chi connectivity index (χ0n) is 9.33. The zero-order valence-corrected chi connectivity index (χ0v) is 9.33. The maximum absolute atomic E-state index is 11.4. The van der Waals surface area contributed by atoms with Gasteiger partial charge in [0.25, 0.3) is 0 Å². The lowest BCUT2D eigenvalue weighted by Crippen LogP contribution is -2.43. The maximum atomic E-state index is 11.4. The normalized spacial score (nSPS) is 14.0. The van der Waals surface area contributed by atoms with E-state index in [4.69, 9.17) is 5.11 Å². The van der Waals surface area contributed by atoms with Gasteiger partial charge in [0.05, 0.1) is 18.2 Å². The van der Waals surface area contributed by atoms with Crippen molar-refractivity contribution in [3.63, 3.8) is 0 Å². The molecule has 0 aliphatic heterocycles. The third kappa shape index (κ3) is 5.07. The number of nitrogens with zero attached hydrogens (tertiary/aromatic N) is 3. The average molecular weight is 242 g/mol. The molecule has 1 aromatic heterocycles.